The van der Waals surface area contributed by atoms with E-state index < -0.39 is 22.2 Å². The zero-order valence-corrected chi connectivity index (χ0v) is 21.1. The Balaban J connectivity index is 1.54. The summed E-state index contributed by atoms with van der Waals surface area (Å²) in [7, 11) is -3.62. The van der Waals surface area contributed by atoms with E-state index in [0.717, 1.165) is 11.8 Å². The predicted molar refractivity (Wildman–Crippen MR) is 138 cm³/mol. The molecular formula is C26H26ClN3O5S. The summed E-state index contributed by atoms with van der Waals surface area (Å²) in [4.78, 5) is 27.9. The number of benzene rings is 3. The quantitative estimate of drug-likeness (QED) is 0.467. The number of para-hydroxylation sites is 2. The fraction of sp³-hybridized carbons (Fsp3) is 0.231. The van der Waals surface area contributed by atoms with Crippen LogP contribution in [0.25, 0.3) is 0 Å². The molecule has 8 nitrogen and oxygen atoms in total. The second-order valence-electron chi connectivity index (χ2n) is 8.48. The van der Waals surface area contributed by atoms with Crippen LogP contribution in [0.2, 0.25) is 5.02 Å². The predicted octanol–water partition coefficient (Wildman–Crippen LogP) is 3.43. The van der Waals surface area contributed by atoms with Gasteiger partial charge < -0.3 is 15.0 Å². The van der Waals surface area contributed by atoms with Crippen molar-refractivity contribution in [3.8, 4) is 5.75 Å². The van der Waals surface area contributed by atoms with Crippen molar-refractivity contribution in [1.82, 2.24) is 10.0 Å². The number of ether oxygens (including phenoxy) is 1. The molecule has 36 heavy (non-hydrogen) atoms. The van der Waals surface area contributed by atoms with Crippen LogP contribution in [0, 0.1) is 0 Å². The highest BCUT2D eigenvalue weighted by molar-refractivity contribution is 7.88. The summed E-state index contributed by atoms with van der Waals surface area (Å²) in [5.41, 5.74) is 2.05. The average molecular weight is 528 g/mol. The zero-order chi connectivity index (χ0) is 25.7. The summed E-state index contributed by atoms with van der Waals surface area (Å²) >= 11 is 5.98. The normalized spacial score (nSPS) is 15.9. The van der Waals surface area contributed by atoms with Crippen molar-refractivity contribution in [3.63, 3.8) is 0 Å². The molecule has 1 aliphatic heterocycles. The van der Waals surface area contributed by atoms with Gasteiger partial charge in [0.05, 0.1) is 24.5 Å². The van der Waals surface area contributed by atoms with Crippen molar-refractivity contribution >= 4 is 39.1 Å². The van der Waals surface area contributed by atoms with Crippen LogP contribution in [0.3, 0.4) is 0 Å². The summed E-state index contributed by atoms with van der Waals surface area (Å²) < 4.78 is 32.5. The fourth-order valence-electron chi connectivity index (χ4n) is 3.97. The molecular weight excluding hydrogens is 502 g/mol. The van der Waals surface area contributed by atoms with E-state index in [2.05, 4.69) is 10.0 Å². The SMILES string of the molecule is CS(=O)(=O)N[C@@H](CC(=O)N1C[C@H](C(=O)NCc2ccccc2)Oc2ccccc21)c1ccc(Cl)cc1. The van der Waals surface area contributed by atoms with E-state index in [0.29, 0.717) is 28.6 Å². The lowest BCUT2D eigenvalue weighted by molar-refractivity contribution is -0.128. The maximum atomic E-state index is 13.5. The van der Waals surface area contributed by atoms with Crippen LogP contribution >= 0.6 is 11.6 Å². The van der Waals surface area contributed by atoms with E-state index in [4.69, 9.17) is 16.3 Å². The Kier molecular flexibility index (Phi) is 7.93. The molecule has 3 aromatic rings. The molecule has 0 unspecified atom stereocenters. The van der Waals surface area contributed by atoms with Crippen molar-refractivity contribution in [2.24, 2.45) is 0 Å². The van der Waals surface area contributed by atoms with Crippen LogP contribution < -0.4 is 19.7 Å². The Morgan fingerprint density at radius 3 is 2.39 bits per heavy atom. The minimum absolute atomic E-state index is 0.0112. The molecule has 3 aromatic carbocycles. The monoisotopic (exact) mass is 527 g/mol. The average Bonchev–Trinajstić information content (AvgIpc) is 2.86. The zero-order valence-electron chi connectivity index (χ0n) is 19.6. The molecule has 1 heterocycles. The number of hydrogen-bond donors (Lipinski definition) is 2. The largest absolute Gasteiger partial charge is 0.477 e. The summed E-state index contributed by atoms with van der Waals surface area (Å²) in [5.74, 6) is -0.312. The second-order valence-corrected chi connectivity index (χ2v) is 10.7. The standard InChI is InChI=1S/C26H26ClN3O5S/c1-36(33,34)29-21(19-11-13-20(27)14-12-19)15-25(31)30-17-24(35-23-10-6-5-9-22(23)30)26(32)28-16-18-7-3-2-4-8-18/h2-14,21,24,29H,15-17H2,1H3,(H,28,32)/t21-,24+/m0/s1. The Morgan fingerprint density at radius 1 is 1.03 bits per heavy atom. The smallest absolute Gasteiger partial charge is 0.263 e. The van der Waals surface area contributed by atoms with Crippen molar-refractivity contribution in [3.05, 3.63) is 95.0 Å². The summed E-state index contributed by atoms with van der Waals surface area (Å²) in [6, 6.07) is 22.2. The van der Waals surface area contributed by atoms with E-state index >= 15 is 0 Å². The van der Waals surface area contributed by atoms with Crippen molar-refractivity contribution in [2.45, 2.75) is 25.1 Å². The number of rotatable bonds is 8. The lowest BCUT2D eigenvalue weighted by Gasteiger charge is -2.35. The molecule has 0 spiro atoms. The van der Waals surface area contributed by atoms with Crippen molar-refractivity contribution < 1.29 is 22.7 Å². The maximum absolute atomic E-state index is 13.5. The molecule has 0 fully saturated rings. The summed E-state index contributed by atoms with van der Waals surface area (Å²) in [6.45, 7) is 0.314. The third kappa shape index (κ3) is 6.63. The van der Waals surface area contributed by atoms with Crippen LogP contribution in [0.1, 0.15) is 23.6 Å². The van der Waals surface area contributed by atoms with Gasteiger partial charge in [0, 0.05) is 18.0 Å². The number of nitrogens with one attached hydrogen (secondary N) is 2. The van der Waals surface area contributed by atoms with Crippen LogP contribution in [-0.4, -0.2) is 39.1 Å². The number of sulfonamides is 1. The van der Waals surface area contributed by atoms with Gasteiger partial charge in [-0.25, -0.2) is 13.1 Å². The summed E-state index contributed by atoms with van der Waals surface area (Å²) in [5, 5.41) is 3.35. The van der Waals surface area contributed by atoms with Gasteiger partial charge in [-0.2, -0.15) is 0 Å². The van der Waals surface area contributed by atoms with E-state index in [1.807, 2.05) is 30.3 Å². The molecule has 0 aromatic heterocycles. The second kappa shape index (κ2) is 11.1. The Hall–Kier alpha value is -3.40. The molecule has 0 saturated carbocycles. The first-order valence-corrected chi connectivity index (χ1v) is 13.6. The van der Waals surface area contributed by atoms with Crippen molar-refractivity contribution in [2.75, 3.05) is 17.7 Å². The fourth-order valence-corrected chi connectivity index (χ4v) is 4.83. The molecule has 0 radical (unpaired) electrons. The number of amides is 2. The van der Waals surface area contributed by atoms with E-state index in [1.54, 1.807) is 48.5 Å². The van der Waals surface area contributed by atoms with E-state index in [-0.39, 0.29) is 24.8 Å². The molecule has 2 amide bonds. The number of hydrogen-bond acceptors (Lipinski definition) is 5. The molecule has 0 bridgehead atoms. The number of carbonyl (C=O) groups is 2. The first-order chi connectivity index (χ1) is 17.2. The minimum atomic E-state index is -3.62. The highest BCUT2D eigenvalue weighted by Gasteiger charge is 2.35. The highest BCUT2D eigenvalue weighted by Crippen LogP contribution is 2.34. The van der Waals surface area contributed by atoms with Gasteiger partial charge in [-0.05, 0) is 35.4 Å². The molecule has 4 rings (SSSR count). The van der Waals surface area contributed by atoms with Crippen LogP contribution in [0.5, 0.6) is 5.75 Å². The highest BCUT2D eigenvalue weighted by atomic mass is 35.5. The van der Waals surface area contributed by atoms with Gasteiger partial charge in [0.25, 0.3) is 5.91 Å². The van der Waals surface area contributed by atoms with Gasteiger partial charge in [-0.1, -0.05) is 66.2 Å². The topological polar surface area (TPSA) is 105 Å². The summed E-state index contributed by atoms with van der Waals surface area (Å²) in [6.07, 6.45) is -0.0525. The van der Waals surface area contributed by atoms with Gasteiger partial charge >= 0.3 is 0 Å². The van der Waals surface area contributed by atoms with Crippen LogP contribution in [0.15, 0.2) is 78.9 Å². The number of carbonyl (C=O) groups excluding carboxylic acids is 2. The minimum Gasteiger partial charge on any atom is -0.477 e. The maximum Gasteiger partial charge on any atom is 0.263 e. The lowest BCUT2D eigenvalue weighted by atomic mass is 10.0. The number of anilines is 1. The molecule has 1 aliphatic rings. The third-order valence-electron chi connectivity index (χ3n) is 5.68. The van der Waals surface area contributed by atoms with Crippen LogP contribution in [-0.2, 0) is 26.2 Å². The van der Waals surface area contributed by atoms with Gasteiger partial charge in [-0.15, -0.1) is 0 Å². The number of halogens is 1. The number of fused-ring (bicyclic) bond motifs is 1. The molecule has 0 saturated heterocycles. The third-order valence-corrected chi connectivity index (χ3v) is 6.65. The lowest BCUT2D eigenvalue weighted by Crippen LogP contribution is -2.51. The van der Waals surface area contributed by atoms with Gasteiger partial charge in [-0.3, -0.25) is 9.59 Å². The van der Waals surface area contributed by atoms with Gasteiger partial charge in [0.2, 0.25) is 15.9 Å². The van der Waals surface area contributed by atoms with Gasteiger partial charge in [0.1, 0.15) is 5.75 Å². The van der Waals surface area contributed by atoms with E-state index in [1.165, 1.54) is 4.90 Å². The first-order valence-electron chi connectivity index (χ1n) is 11.3. The Morgan fingerprint density at radius 2 is 1.69 bits per heavy atom. The molecule has 10 heteroatoms. The molecule has 0 aliphatic carbocycles. The van der Waals surface area contributed by atoms with Crippen LogP contribution in [0.4, 0.5) is 5.69 Å². The molecule has 2 N–H and O–H groups in total. The molecule has 188 valence electrons. The van der Waals surface area contributed by atoms with E-state index in [9.17, 15) is 18.0 Å². The first kappa shape index (κ1) is 25.7. The van der Waals surface area contributed by atoms with Gasteiger partial charge in [0.15, 0.2) is 6.10 Å². The molecule has 2 atom stereocenters. The Bertz CT molecular complexity index is 1330. The Labute approximate surface area is 215 Å². The van der Waals surface area contributed by atoms with Crippen molar-refractivity contribution in [1.29, 1.82) is 0 Å². The number of nitrogens with zero attached hydrogens (tertiary/aromatic N) is 1.